The molecule has 2 aromatic carbocycles. The summed E-state index contributed by atoms with van der Waals surface area (Å²) in [5, 5.41) is 0.433. The zero-order valence-corrected chi connectivity index (χ0v) is 17.7. The highest BCUT2D eigenvalue weighted by Crippen LogP contribution is 2.31. The van der Waals surface area contributed by atoms with Crippen molar-refractivity contribution in [1.82, 2.24) is 0 Å². The summed E-state index contributed by atoms with van der Waals surface area (Å²) >= 11 is 5.89. The van der Waals surface area contributed by atoms with E-state index in [0.717, 1.165) is 21.0 Å². The van der Waals surface area contributed by atoms with Crippen LogP contribution in [0.5, 0.6) is 0 Å². The second-order valence-electron chi connectivity index (χ2n) is 6.75. The molecule has 0 aliphatic rings. The molecule has 0 saturated heterocycles. The molecule has 0 saturated carbocycles. The highest BCUT2D eigenvalue weighted by atomic mass is 35.5. The lowest BCUT2D eigenvalue weighted by Gasteiger charge is -2.27. The zero-order valence-electron chi connectivity index (χ0n) is 16.1. The zero-order chi connectivity index (χ0) is 20.4. The van der Waals surface area contributed by atoms with Crippen LogP contribution >= 0.6 is 11.6 Å². The fourth-order valence-corrected chi connectivity index (χ4v) is 4.67. The maximum absolute atomic E-state index is 13.3. The summed E-state index contributed by atoms with van der Waals surface area (Å²) in [4.78, 5) is 12.4. The molecule has 2 rings (SSSR count). The number of hydrogen-bond donors (Lipinski definition) is 0. The predicted molar refractivity (Wildman–Crippen MR) is 108 cm³/mol. The van der Waals surface area contributed by atoms with Gasteiger partial charge in [0.25, 0.3) is 10.0 Å². The van der Waals surface area contributed by atoms with Crippen LogP contribution in [0.2, 0.25) is 5.02 Å². The maximum Gasteiger partial charge on any atom is 0.327 e. The molecule has 0 bridgehead atoms. The number of nitrogens with zero attached hydrogens (tertiary/aromatic N) is 1. The summed E-state index contributed by atoms with van der Waals surface area (Å²) in [5.41, 5.74) is 3.03. The monoisotopic (exact) mass is 409 g/mol. The van der Waals surface area contributed by atoms with Crippen LogP contribution in [0.15, 0.2) is 41.3 Å². The normalized spacial score (nSPS) is 11.5. The van der Waals surface area contributed by atoms with Gasteiger partial charge in [0.05, 0.1) is 16.7 Å². The van der Waals surface area contributed by atoms with Crippen molar-refractivity contribution in [3.8, 4) is 0 Å². The van der Waals surface area contributed by atoms with E-state index in [1.54, 1.807) is 13.8 Å². The van der Waals surface area contributed by atoms with E-state index in [-0.39, 0.29) is 11.0 Å². The average molecular weight is 410 g/mol. The number of carbonyl (C=O) groups excluding carboxylic acids is 1. The minimum atomic E-state index is -3.99. The molecule has 0 atom stereocenters. The van der Waals surface area contributed by atoms with Gasteiger partial charge in [-0.3, -0.25) is 9.10 Å². The van der Waals surface area contributed by atoms with Gasteiger partial charge in [0.2, 0.25) is 0 Å². The van der Waals surface area contributed by atoms with Crippen molar-refractivity contribution in [2.24, 2.45) is 0 Å². The minimum absolute atomic E-state index is 0.0589. The molecule has 7 heteroatoms. The molecular weight excluding hydrogens is 386 g/mol. The number of halogens is 1. The summed E-state index contributed by atoms with van der Waals surface area (Å²) in [6.45, 7) is 8.63. The first kappa shape index (κ1) is 21.3. The lowest BCUT2D eigenvalue weighted by Crippen LogP contribution is -2.38. The van der Waals surface area contributed by atoms with Crippen LogP contribution in [-0.2, 0) is 19.6 Å². The third kappa shape index (κ3) is 5.02. The molecule has 0 N–H and O–H groups in total. The molecule has 0 fully saturated rings. The highest BCUT2D eigenvalue weighted by Gasteiger charge is 2.30. The van der Waals surface area contributed by atoms with E-state index < -0.39 is 22.5 Å². The molecule has 0 spiro atoms. The second-order valence-corrected chi connectivity index (χ2v) is 9.05. The Morgan fingerprint density at radius 3 is 2.07 bits per heavy atom. The van der Waals surface area contributed by atoms with Gasteiger partial charge in [-0.25, -0.2) is 8.42 Å². The van der Waals surface area contributed by atoms with Gasteiger partial charge in [0.15, 0.2) is 0 Å². The minimum Gasteiger partial charge on any atom is -0.462 e. The van der Waals surface area contributed by atoms with Crippen molar-refractivity contribution in [1.29, 1.82) is 0 Å². The summed E-state index contributed by atoms with van der Waals surface area (Å²) in [6.07, 6.45) is -0.335. The number of aryl methyl sites for hydroxylation is 3. The quantitative estimate of drug-likeness (QED) is 0.663. The molecule has 0 unspecified atom stereocenters. The lowest BCUT2D eigenvalue weighted by molar-refractivity contribution is -0.145. The van der Waals surface area contributed by atoms with Gasteiger partial charge in [-0.15, -0.1) is 0 Å². The number of rotatable bonds is 6. The second kappa shape index (κ2) is 8.31. The third-order valence-electron chi connectivity index (χ3n) is 3.93. The number of sulfonamides is 1. The summed E-state index contributed by atoms with van der Waals surface area (Å²) in [7, 11) is -3.99. The van der Waals surface area contributed by atoms with Crippen LogP contribution in [0.3, 0.4) is 0 Å². The van der Waals surface area contributed by atoms with Gasteiger partial charge in [-0.05, 0) is 70.0 Å². The predicted octanol–water partition coefficient (Wildman–Crippen LogP) is 4.41. The Kier molecular flexibility index (Phi) is 6.54. The first-order chi connectivity index (χ1) is 12.5. The molecule has 2 aromatic rings. The number of ether oxygens (including phenoxy) is 1. The van der Waals surface area contributed by atoms with E-state index in [1.165, 1.54) is 24.3 Å². The molecule has 146 valence electrons. The summed E-state index contributed by atoms with van der Waals surface area (Å²) < 4.78 is 33.0. The highest BCUT2D eigenvalue weighted by molar-refractivity contribution is 7.92. The van der Waals surface area contributed by atoms with Crippen LogP contribution in [0.25, 0.3) is 0 Å². The Morgan fingerprint density at radius 2 is 1.59 bits per heavy atom. The van der Waals surface area contributed by atoms with Crippen molar-refractivity contribution in [2.75, 3.05) is 10.8 Å². The van der Waals surface area contributed by atoms with Crippen LogP contribution in [-0.4, -0.2) is 27.0 Å². The summed E-state index contributed by atoms with van der Waals surface area (Å²) in [5.74, 6) is -0.609. The van der Waals surface area contributed by atoms with Crippen molar-refractivity contribution in [3.05, 3.63) is 58.1 Å². The van der Waals surface area contributed by atoms with Crippen molar-refractivity contribution in [2.45, 2.75) is 45.6 Å². The van der Waals surface area contributed by atoms with Crippen molar-refractivity contribution < 1.29 is 17.9 Å². The molecule has 27 heavy (non-hydrogen) atoms. The Balaban J connectivity index is 2.60. The van der Waals surface area contributed by atoms with Crippen molar-refractivity contribution >= 4 is 33.3 Å². The van der Waals surface area contributed by atoms with Crippen molar-refractivity contribution in [3.63, 3.8) is 0 Å². The maximum atomic E-state index is 13.3. The van der Waals surface area contributed by atoms with Gasteiger partial charge < -0.3 is 4.74 Å². The van der Waals surface area contributed by atoms with Crippen LogP contribution in [0, 0.1) is 20.8 Å². The van der Waals surface area contributed by atoms with Gasteiger partial charge in [0, 0.05) is 5.02 Å². The standard InChI is InChI=1S/C20H24ClNO4S/c1-13(2)26-19(23)12-22(20-15(4)10-14(3)11-16(20)5)27(24,25)18-8-6-17(21)7-9-18/h6-11,13H,12H2,1-5H3. The number of esters is 1. The average Bonchev–Trinajstić information content (AvgIpc) is 2.52. The fraction of sp³-hybridized carbons (Fsp3) is 0.350. The largest absolute Gasteiger partial charge is 0.462 e. The molecule has 0 aliphatic heterocycles. The molecule has 5 nitrogen and oxygen atoms in total. The topological polar surface area (TPSA) is 63.7 Å². The fourth-order valence-electron chi connectivity index (χ4n) is 3.00. The number of anilines is 1. The molecule has 0 radical (unpaired) electrons. The van der Waals surface area contributed by atoms with Gasteiger partial charge in [-0.1, -0.05) is 29.3 Å². The van der Waals surface area contributed by atoms with Crippen LogP contribution < -0.4 is 4.31 Å². The van der Waals surface area contributed by atoms with E-state index in [1.807, 2.05) is 32.9 Å². The van der Waals surface area contributed by atoms with E-state index in [2.05, 4.69) is 0 Å². The summed E-state index contributed by atoms with van der Waals surface area (Å²) in [6, 6.07) is 9.65. The first-order valence-corrected chi connectivity index (χ1v) is 10.4. The molecule has 0 heterocycles. The van der Waals surface area contributed by atoms with E-state index >= 15 is 0 Å². The van der Waals surface area contributed by atoms with Crippen LogP contribution in [0.1, 0.15) is 30.5 Å². The van der Waals surface area contributed by atoms with Gasteiger partial charge >= 0.3 is 5.97 Å². The van der Waals surface area contributed by atoms with Gasteiger partial charge in [-0.2, -0.15) is 0 Å². The Labute approximate surface area is 166 Å². The lowest BCUT2D eigenvalue weighted by atomic mass is 10.1. The molecule has 0 amide bonds. The number of benzene rings is 2. The number of hydrogen-bond acceptors (Lipinski definition) is 4. The van der Waals surface area contributed by atoms with E-state index in [4.69, 9.17) is 16.3 Å². The Hall–Kier alpha value is -2.05. The molecule has 0 aromatic heterocycles. The first-order valence-electron chi connectivity index (χ1n) is 8.58. The Bertz CT molecular complexity index is 914. The van der Waals surface area contributed by atoms with Crippen LogP contribution in [0.4, 0.5) is 5.69 Å². The SMILES string of the molecule is Cc1cc(C)c(N(CC(=O)OC(C)C)S(=O)(=O)c2ccc(Cl)cc2)c(C)c1. The third-order valence-corrected chi connectivity index (χ3v) is 5.94. The molecular formula is C20H24ClNO4S. The smallest absolute Gasteiger partial charge is 0.327 e. The molecule has 0 aliphatic carbocycles. The number of carbonyl (C=O) groups is 1. The van der Waals surface area contributed by atoms with E-state index in [0.29, 0.717) is 10.7 Å². The van der Waals surface area contributed by atoms with Gasteiger partial charge in [0.1, 0.15) is 6.54 Å². The Morgan fingerprint density at radius 1 is 1.07 bits per heavy atom. The van der Waals surface area contributed by atoms with E-state index in [9.17, 15) is 13.2 Å².